The Hall–Kier alpha value is -3.69. The standard InChI is InChI=1S/C25H21ClF3N3O5S/c1-3-37-18-9-8-13(10-16(18)26)20-14(11-30)23(32-22(34)21(20)24(35)36-2)38-12-19(33)31-17-7-5-4-6-15(17)25(27,28)29/h4-10,20-21H,3,12H2,1-2H3,(H,31,33)(H,32,34)/t20-,21-/m1/s1. The van der Waals surface area contributed by atoms with Crippen LogP contribution >= 0.6 is 23.4 Å². The van der Waals surface area contributed by atoms with E-state index in [-0.39, 0.29) is 15.6 Å². The molecule has 2 atom stereocenters. The van der Waals surface area contributed by atoms with Crippen molar-refractivity contribution in [2.75, 3.05) is 24.8 Å². The van der Waals surface area contributed by atoms with Gasteiger partial charge in [0.25, 0.3) is 0 Å². The van der Waals surface area contributed by atoms with Crippen LogP contribution in [-0.4, -0.2) is 37.3 Å². The molecule has 2 aromatic carbocycles. The van der Waals surface area contributed by atoms with Gasteiger partial charge in [-0.2, -0.15) is 18.4 Å². The number of rotatable bonds is 8. The topological polar surface area (TPSA) is 118 Å². The minimum Gasteiger partial charge on any atom is -0.492 e. The summed E-state index contributed by atoms with van der Waals surface area (Å²) in [5, 5.41) is 14.8. The lowest BCUT2D eigenvalue weighted by Gasteiger charge is -2.31. The molecular weight excluding hydrogens is 547 g/mol. The second kappa shape index (κ2) is 12.2. The lowest BCUT2D eigenvalue weighted by atomic mass is 9.78. The smallest absolute Gasteiger partial charge is 0.418 e. The number of thioether (sulfide) groups is 1. The monoisotopic (exact) mass is 567 g/mol. The van der Waals surface area contributed by atoms with E-state index in [1.807, 2.05) is 6.07 Å². The highest BCUT2D eigenvalue weighted by Gasteiger charge is 2.44. The van der Waals surface area contributed by atoms with E-state index in [2.05, 4.69) is 10.6 Å². The largest absolute Gasteiger partial charge is 0.492 e. The molecule has 2 amide bonds. The van der Waals surface area contributed by atoms with E-state index < -0.39 is 52.8 Å². The van der Waals surface area contributed by atoms with E-state index in [1.165, 1.54) is 24.3 Å². The molecule has 0 fully saturated rings. The molecule has 0 saturated carbocycles. The van der Waals surface area contributed by atoms with Crippen LogP contribution in [0.25, 0.3) is 0 Å². The van der Waals surface area contributed by atoms with Crippen LogP contribution in [0.5, 0.6) is 5.75 Å². The number of anilines is 1. The third kappa shape index (κ3) is 6.41. The summed E-state index contributed by atoms with van der Waals surface area (Å²) >= 11 is 7.03. The van der Waals surface area contributed by atoms with Gasteiger partial charge in [0.15, 0.2) is 0 Å². The number of benzene rings is 2. The average molecular weight is 568 g/mol. The highest BCUT2D eigenvalue weighted by Crippen LogP contribution is 2.42. The normalized spacial score (nSPS) is 17.3. The van der Waals surface area contributed by atoms with Crippen molar-refractivity contribution in [3.63, 3.8) is 0 Å². The zero-order chi connectivity index (χ0) is 28.0. The fourth-order valence-electron chi connectivity index (χ4n) is 3.83. The molecule has 2 aromatic rings. The molecule has 0 bridgehead atoms. The molecule has 13 heteroatoms. The fraction of sp³-hybridized carbons (Fsp3) is 0.280. The van der Waals surface area contributed by atoms with Gasteiger partial charge in [-0.05, 0) is 36.8 Å². The number of alkyl halides is 3. The molecule has 0 radical (unpaired) electrons. The van der Waals surface area contributed by atoms with Gasteiger partial charge in [0.1, 0.15) is 11.7 Å². The number of carbonyl (C=O) groups is 3. The Kier molecular flexibility index (Phi) is 9.30. The summed E-state index contributed by atoms with van der Waals surface area (Å²) in [6.45, 7) is 2.11. The molecule has 3 rings (SSSR count). The van der Waals surface area contributed by atoms with Gasteiger partial charge < -0.3 is 20.1 Å². The van der Waals surface area contributed by atoms with Crippen LogP contribution in [0.4, 0.5) is 18.9 Å². The zero-order valence-electron chi connectivity index (χ0n) is 20.0. The number of esters is 1. The van der Waals surface area contributed by atoms with Gasteiger partial charge in [-0.1, -0.05) is 41.6 Å². The molecule has 1 heterocycles. The second-order valence-electron chi connectivity index (χ2n) is 7.83. The Morgan fingerprint density at radius 1 is 1.24 bits per heavy atom. The first-order valence-electron chi connectivity index (χ1n) is 11.1. The van der Waals surface area contributed by atoms with Crippen LogP contribution < -0.4 is 15.4 Å². The summed E-state index contributed by atoms with van der Waals surface area (Å²) in [5.41, 5.74) is -1.15. The Bertz CT molecular complexity index is 1330. The van der Waals surface area contributed by atoms with Crippen molar-refractivity contribution < 1.29 is 37.0 Å². The summed E-state index contributed by atoms with van der Waals surface area (Å²) in [7, 11) is 1.10. The Labute approximate surface area is 225 Å². The maximum absolute atomic E-state index is 13.2. The zero-order valence-corrected chi connectivity index (χ0v) is 21.6. The first-order chi connectivity index (χ1) is 18.0. The number of allylic oxidation sites excluding steroid dienone is 1. The van der Waals surface area contributed by atoms with E-state index in [9.17, 15) is 32.8 Å². The van der Waals surface area contributed by atoms with E-state index in [4.69, 9.17) is 21.1 Å². The Morgan fingerprint density at radius 3 is 2.55 bits per heavy atom. The fourth-order valence-corrected chi connectivity index (χ4v) is 4.92. The summed E-state index contributed by atoms with van der Waals surface area (Å²) in [4.78, 5) is 38.0. The van der Waals surface area contributed by atoms with Crippen LogP contribution in [0.15, 0.2) is 53.1 Å². The number of halogens is 4. The lowest BCUT2D eigenvalue weighted by molar-refractivity contribution is -0.150. The predicted molar refractivity (Wildman–Crippen MR) is 134 cm³/mol. The minimum absolute atomic E-state index is 0.0214. The lowest BCUT2D eigenvalue weighted by Crippen LogP contribution is -2.44. The molecule has 0 unspecified atom stereocenters. The number of nitrogens with zero attached hydrogens (tertiary/aromatic N) is 1. The Balaban J connectivity index is 1.93. The molecule has 38 heavy (non-hydrogen) atoms. The number of nitrogens with one attached hydrogen (secondary N) is 2. The van der Waals surface area contributed by atoms with Gasteiger partial charge in [-0.25, -0.2) is 0 Å². The van der Waals surface area contributed by atoms with Gasteiger partial charge in [-0.15, -0.1) is 0 Å². The van der Waals surface area contributed by atoms with E-state index >= 15 is 0 Å². The van der Waals surface area contributed by atoms with Crippen LogP contribution in [0.2, 0.25) is 5.02 Å². The minimum atomic E-state index is -4.68. The Morgan fingerprint density at radius 2 is 1.95 bits per heavy atom. The van der Waals surface area contributed by atoms with Crippen LogP contribution in [0.1, 0.15) is 24.0 Å². The molecule has 0 saturated heterocycles. The molecule has 0 aromatic heterocycles. The average Bonchev–Trinajstić information content (AvgIpc) is 2.87. The van der Waals surface area contributed by atoms with Gasteiger partial charge in [-0.3, -0.25) is 14.4 Å². The van der Waals surface area contributed by atoms with Crippen molar-refractivity contribution in [3.8, 4) is 11.8 Å². The number of hydrogen-bond acceptors (Lipinski definition) is 7. The number of amides is 2. The van der Waals surface area contributed by atoms with E-state index in [1.54, 1.807) is 13.0 Å². The van der Waals surface area contributed by atoms with E-state index in [0.717, 1.165) is 31.0 Å². The van der Waals surface area contributed by atoms with Crippen molar-refractivity contribution >= 4 is 46.8 Å². The van der Waals surface area contributed by atoms with Crippen molar-refractivity contribution in [2.45, 2.75) is 19.0 Å². The van der Waals surface area contributed by atoms with Crippen LogP contribution in [0, 0.1) is 17.2 Å². The molecule has 1 aliphatic rings. The third-order valence-electron chi connectivity index (χ3n) is 5.45. The molecule has 200 valence electrons. The second-order valence-corrected chi connectivity index (χ2v) is 9.22. The molecule has 0 spiro atoms. The third-order valence-corrected chi connectivity index (χ3v) is 6.77. The molecule has 0 aliphatic carbocycles. The predicted octanol–water partition coefficient (Wildman–Crippen LogP) is 4.87. The number of ether oxygens (including phenoxy) is 2. The number of hydrogen-bond donors (Lipinski definition) is 2. The number of para-hydroxylation sites is 1. The van der Waals surface area contributed by atoms with Gasteiger partial charge in [0.05, 0.1) is 52.4 Å². The van der Waals surface area contributed by atoms with Gasteiger partial charge >= 0.3 is 12.1 Å². The number of nitriles is 1. The SMILES string of the molecule is CCOc1ccc([C@@H]2C(C#N)=C(SCC(=O)Nc3ccccc3C(F)(F)F)NC(=O)[C@@H]2C(=O)OC)cc1Cl. The molecule has 8 nitrogen and oxygen atoms in total. The van der Waals surface area contributed by atoms with Crippen molar-refractivity contribution in [2.24, 2.45) is 5.92 Å². The molecular formula is C25H21ClF3N3O5S. The van der Waals surface area contributed by atoms with Crippen molar-refractivity contribution in [3.05, 3.63) is 69.2 Å². The number of carbonyl (C=O) groups excluding carboxylic acids is 3. The van der Waals surface area contributed by atoms with Crippen molar-refractivity contribution in [1.82, 2.24) is 5.32 Å². The van der Waals surface area contributed by atoms with Gasteiger partial charge in [0, 0.05) is 5.92 Å². The number of methoxy groups -OCH3 is 1. The summed E-state index contributed by atoms with van der Waals surface area (Å²) in [6, 6.07) is 11.0. The highest BCUT2D eigenvalue weighted by molar-refractivity contribution is 8.03. The highest BCUT2D eigenvalue weighted by atomic mass is 35.5. The van der Waals surface area contributed by atoms with Crippen LogP contribution in [0.3, 0.4) is 0 Å². The maximum atomic E-state index is 13.2. The van der Waals surface area contributed by atoms with Crippen LogP contribution in [-0.2, 0) is 25.3 Å². The van der Waals surface area contributed by atoms with Crippen molar-refractivity contribution in [1.29, 1.82) is 5.26 Å². The first kappa shape index (κ1) is 28.9. The maximum Gasteiger partial charge on any atom is 0.418 e. The molecule has 2 N–H and O–H groups in total. The summed E-state index contributed by atoms with van der Waals surface area (Å²) in [6.07, 6.45) is -4.68. The first-order valence-corrected chi connectivity index (χ1v) is 12.4. The van der Waals surface area contributed by atoms with Gasteiger partial charge in [0.2, 0.25) is 11.8 Å². The summed E-state index contributed by atoms with van der Waals surface area (Å²) < 4.78 is 49.9. The summed E-state index contributed by atoms with van der Waals surface area (Å²) in [5.74, 6) is -5.09. The quantitative estimate of drug-likeness (QED) is 0.345. The van der Waals surface area contributed by atoms with E-state index in [0.29, 0.717) is 17.9 Å². The molecule has 1 aliphatic heterocycles.